The molecular weight excluding hydrogens is 442 g/mol. The lowest BCUT2D eigenvalue weighted by Gasteiger charge is -2.29. The lowest BCUT2D eigenvalue weighted by molar-refractivity contribution is -0.135. The van der Waals surface area contributed by atoms with Crippen molar-refractivity contribution in [3.63, 3.8) is 0 Å². The molecule has 0 bridgehead atoms. The zero-order valence-corrected chi connectivity index (χ0v) is 21.8. The number of nitrogens with one attached hydrogen (secondary N) is 2. The van der Waals surface area contributed by atoms with Crippen LogP contribution in [0.2, 0.25) is 0 Å². The average Bonchev–Trinajstić information content (AvgIpc) is 2.71. The lowest BCUT2D eigenvalue weighted by atomic mass is 9.79. The number of esters is 1. The maximum Gasteiger partial charge on any atom is 0.325 e. The van der Waals surface area contributed by atoms with Crippen molar-refractivity contribution in [1.29, 1.82) is 0 Å². The Morgan fingerprint density at radius 3 is 2.20 bits per heavy atom. The molecule has 0 aliphatic rings. The molecule has 1 amide bonds. The first-order chi connectivity index (χ1) is 16.2. The van der Waals surface area contributed by atoms with Gasteiger partial charge in [-0.2, -0.15) is 0 Å². The van der Waals surface area contributed by atoms with Gasteiger partial charge in [-0.1, -0.05) is 53.7 Å². The SMILES string of the molecule is CN(C)CC(=O)Oc1cc(NC(=O)c2c[nH]c3ccccc3c2=O)c(C(C)(C)C)cc1C(C)(C)C. The van der Waals surface area contributed by atoms with Crippen molar-refractivity contribution in [2.45, 2.75) is 52.4 Å². The van der Waals surface area contributed by atoms with Gasteiger partial charge >= 0.3 is 5.97 Å². The number of hydrogen-bond donors (Lipinski definition) is 2. The Morgan fingerprint density at radius 2 is 1.60 bits per heavy atom. The van der Waals surface area contributed by atoms with Crippen molar-refractivity contribution in [3.05, 3.63) is 69.5 Å². The first-order valence-corrected chi connectivity index (χ1v) is 11.6. The normalized spacial score (nSPS) is 12.1. The molecule has 186 valence electrons. The fraction of sp³-hybridized carbons (Fsp3) is 0.393. The van der Waals surface area contributed by atoms with Crippen LogP contribution in [0.25, 0.3) is 10.9 Å². The van der Waals surface area contributed by atoms with Crippen molar-refractivity contribution in [2.24, 2.45) is 0 Å². The number of fused-ring (bicyclic) bond motifs is 1. The molecule has 1 aromatic heterocycles. The van der Waals surface area contributed by atoms with Gasteiger partial charge in [-0.05, 0) is 48.7 Å². The van der Waals surface area contributed by atoms with Crippen LogP contribution in [0.3, 0.4) is 0 Å². The van der Waals surface area contributed by atoms with Gasteiger partial charge in [0, 0.05) is 34.4 Å². The topological polar surface area (TPSA) is 91.5 Å². The summed E-state index contributed by atoms with van der Waals surface area (Å²) >= 11 is 0. The number of nitrogens with zero attached hydrogens (tertiary/aromatic N) is 1. The number of carbonyl (C=O) groups excluding carboxylic acids is 2. The molecule has 0 spiro atoms. The van der Waals surface area contributed by atoms with E-state index in [9.17, 15) is 14.4 Å². The minimum atomic E-state index is -0.531. The average molecular weight is 478 g/mol. The fourth-order valence-electron chi connectivity index (χ4n) is 3.91. The second-order valence-corrected chi connectivity index (χ2v) is 11.1. The molecule has 1 heterocycles. The van der Waals surface area contributed by atoms with Crippen molar-refractivity contribution in [1.82, 2.24) is 9.88 Å². The van der Waals surface area contributed by atoms with E-state index in [1.807, 2.05) is 53.7 Å². The van der Waals surface area contributed by atoms with E-state index >= 15 is 0 Å². The predicted molar refractivity (Wildman–Crippen MR) is 141 cm³/mol. The van der Waals surface area contributed by atoms with E-state index in [1.165, 1.54) is 6.20 Å². The largest absolute Gasteiger partial charge is 0.425 e. The van der Waals surface area contributed by atoms with E-state index in [-0.39, 0.29) is 28.4 Å². The Hall–Kier alpha value is -3.45. The van der Waals surface area contributed by atoms with Gasteiger partial charge < -0.3 is 15.0 Å². The summed E-state index contributed by atoms with van der Waals surface area (Å²) in [5, 5.41) is 3.35. The Morgan fingerprint density at radius 1 is 0.971 bits per heavy atom. The first kappa shape index (κ1) is 26.2. The number of likely N-dealkylation sites (N-methyl/N-ethyl adjacent to an activating group) is 1. The molecule has 7 nitrogen and oxygen atoms in total. The predicted octanol–water partition coefficient (Wildman–Crippen LogP) is 4.84. The van der Waals surface area contributed by atoms with Crippen LogP contribution in [0.1, 0.15) is 63.0 Å². The van der Waals surface area contributed by atoms with E-state index < -0.39 is 11.9 Å². The molecule has 3 aromatic rings. The number of amides is 1. The lowest BCUT2D eigenvalue weighted by Crippen LogP contribution is -2.28. The molecule has 7 heteroatoms. The van der Waals surface area contributed by atoms with Crippen LogP contribution in [-0.4, -0.2) is 42.4 Å². The third-order valence-corrected chi connectivity index (χ3v) is 5.69. The molecule has 0 fully saturated rings. The second kappa shape index (κ2) is 9.66. The summed E-state index contributed by atoms with van der Waals surface area (Å²) in [6.07, 6.45) is 1.43. The van der Waals surface area contributed by atoms with Gasteiger partial charge in [-0.25, -0.2) is 0 Å². The van der Waals surface area contributed by atoms with Gasteiger partial charge in [0.15, 0.2) is 0 Å². The Bertz CT molecular complexity index is 1320. The molecule has 0 aliphatic carbocycles. The van der Waals surface area contributed by atoms with E-state index in [4.69, 9.17) is 4.74 Å². The van der Waals surface area contributed by atoms with Crippen molar-refractivity contribution in [3.8, 4) is 5.75 Å². The van der Waals surface area contributed by atoms with E-state index in [0.29, 0.717) is 22.3 Å². The summed E-state index contributed by atoms with van der Waals surface area (Å²) in [5.41, 5.74) is 1.91. The summed E-state index contributed by atoms with van der Waals surface area (Å²) in [7, 11) is 3.59. The minimum Gasteiger partial charge on any atom is -0.425 e. The number of carbonyl (C=O) groups is 2. The van der Waals surface area contributed by atoms with Crippen LogP contribution >= 0.6 is 0 Å². The van der Waals surface area contributed by atoms with Crippen LogP contribution in [0, 0.1) is 0 Å². The van der Waals surface area contributed by atoms with E-state index in [2.05, 4.69) is 10.3 Å². The first-order valence-electron chi connectivity index (χ1n) is 11.6. The smallest absolute Gasteiger partial charge is 0.325 e. The molecule has 2 aromatic carbocycles. The standard InChI is InChI=1S/C28H35N3O4/c1-27(2,3)19-13-20(28(4,5)6)23(35-24(32)16-31(7)8)14-22(19)30-26(34)18-15-29-21-12-10-9-11-17(21)25(18)33/h9-15H,16H2,1-8H3,(H,29,33)(H,30,34). The highest BCUT2D eigenvalue weighted by Crippen LogP contribution is 2.40. The molecule has 0 aliphatic heterocycles. The fourth-order valence-corrected chi connectivity index (χ4v) is 3.91. The summed E-state index contributed by atoms with van der Waals surface area (Å²) in [5.74, 6) is -0.538. The number of pyridine rings is 1. The highest BCUT2D eigenvalue weighted by Gasteiger charge is 2.28. The number of hydrogen-bond acceptors (Lipinski definition) is 5. The molecule has 0 atom stereocenters. The third kappa shape index (κ3) is 5.98. The van der Waals surface area contributed by atoms with Gasteiger partial charge in [0.05, 0.1) is 6.54 Å². The summed E-state index contributed by atoms with van der Waals surface area (Å²) in [6, 6.07) is 10.7. The van der Waals surface area contributed by atoms with Gasteiger partial charge in [0.25, 0.3) is 5.91 Å². The maximum absolute atomic E-state index is 13.3. The van der Waals surface area contributed by atoms with Gasteiger partial charge in [0.1, 0.15) is 11.3 Å². The molecule has 35 heavy (non-hydrogen) atoms. The molecule has 0 saturated heterocycles. The van der Waals surface area contributed by atoms with Crippen molar-refractivity contribution in [2.75, 3.05) is 26.0 Å². The second-order valence-electron chi connectivity index (χ2n) is 11.1. The monoisotopic (exact) mass is 477 g/mol. The van der Waals surface area contributed by atoms with Crippen LogP contribution in [0.5, 0.6) is 5.75 Å². The molecule has 0 radical (unpaired) electrons. The van der Waals surface area contributed by atoms with Crippen LogP contribution in [0.4, 0.5) is 5.69 Å². The van der Waals surface area contributed by atoms with Gasteiger partial charge in [-0.15, -0.1) is 0 Å². The number of benzene rings is 2. The molecule has 2 N–H and O–H groups in total. The van der Waals surface area contributed by atoms with E-state index in [1.54, 1.807) is 43.3 Å². The van der Waals surface area contributed by atoms with Crippen molar-refractivity contribution < 1.29 is 14.3 Å². The highest BCUT2D eigenvalue weighted by atomic mass is 16.5. The zero-order chi connectivity index (χ0) is 26.1. The molecule has 0 saturated carbocycles. The van der Waals surface area contributed by atoms with Crippen molar-refractivity contribution >= 4 is 28.5 Å². The van der Waals surface area contributed by atoms with Gasteiger partial charge in [0.2, 0.25) is 5.43 Å². The number of H-pyrrole nitrogens is 1. The van der Waals surface area contributed by atoms with E-state index in [0.717, 1.165) is 11.1 Å². The Kier molecular flexibility index (Phi) is 7.22. The number of aromatic nitrogens is 1. The molecule has 3 rings (SSSR count). The Balaban J connectivity index is 2.11. The molecular formula is C28H35N3O4. The minimum absolute atomic E-state index is 0.00890. The number of aromatic amines is 1. The summed E-state index contributed by atoms with van der Waals surface area (Å²) in [4.78, 5) is 43.5. The van der Waals surface area contributed by atoms with Crippen LogP contribution in [-0.2, 0) is 15.6 Å². The molecule has 0 unspecified atom stereocenters. The zero-order valence-electron chi connectivity index (χ0n) is 21.8. The number of ether oxygens (including phenoxy) is 1. The third-order valence-electron chi connectivity index (χ3n) is 5.69. The van der Waals surface area contributed by atoms with Crippen LogP contribution in [0.15, 0.2) is 47.4 Å². The Labute approximate surface area is 206 Å². The maximum atomic E-state index is 13.3. The summed E-state index contributed by atoms with van der Waals surface area (Å²) < 4.78 is 5.76. The number of anilines is 1. The number of para-hydroxylation sites is 1. The van der Waals surface area contributed by atoms with Gasteiger partial charge in [-0.3, -0.25) is 19.3 Å². The highest BCUT2D eigenvalue weighted by molar-refractivity contribution is 6.06. The quantitative estimate of drug-likeness (QED) is 0.405. The van der Waals surface area contributed by atoms with Crippen LogP contribution < -0.4 is 15.5 Å². The number of rotatable bonds is 5. The summed E-state index contributed by atoms with van der Waals surface area (Å²) in [6.45, 7) is 12.4.